The lowest BCUT2D eigenvalue weighted by atomic mass is 10.2. The highest BCUT2D eigenvalue weighted by molar-refractivity contribution is 6.05. The van der Waals surface area contributed by atoms with E-state index >= 15 is 0 Å². The number of ether oxygens (including phenoxy) is 2. The monoisotopic (exact) mass is 479 g/mol. The van der Waals surface area contributed by atoms with Gasteiger partial charge in [0, 0.05) is 24.4 Å². The summed E-state index contributed by atoms with van der Waals surface area (Å²) in [5, 5.41) is 4.40. The van der Waals surface area contributed by atoms with Crippen molar-refractivity contribution in [2.45, 2.75) is 6.54 Å². The van der Waals surface area contributed by atoms with E-state index < -0.39 is 0 Å². The normalized spacial score (nSPS) is 12.4. The lowest BCUT2D eigenvalue weighted by Crippen LogP contribution is -2.34. The van der Waals surface area contributed by atoms with Crippen LogP contribution in [0.5, 0.6) is 11.5 Å². The van der Waals surface area contributed by atoms with Gasteiger partial charge in [0.1, 0.15) is 18.9 Å². The fourth-order valence-electron chi connectivity index (χ4n) is 3.93. The Kier molecular flexibility index (Phi) is 6.89. The third-order valence-electron chi connectivity index (χ3n) is 5.74. The van der Waals surface area contributed by atoms with Crippen LogP contribution in [0.25, 0.3) is 6.08 Å². The van der Waals surface area contributed by atoms with E-state index in [4.69, 9.17) is 9.47 Å². The molecule has 4 aromatic rings. The molecule has 0 saturated carbocycles. The molecule has 5 rings (SSSR count). The van der Waals surface area contributed by atoms with Gasteiger partial charge in [-0.15, -0.1) is 0 Å². The van der Waals surface area contributed by atoms with E-state index in [9.17, 15) is 9.59 Å². The van der Waals surface area contributed by atoms with E-state index in [0.717, 1.165) is 11.1 Å². The molecule has 0 fully saturated rings. The molecule has 0 spiro atoms. The van der Waals surface area contributed by atoms with Crippen LogP contribution in [-0.2, 0) is 6.54 Å². The van der Waals surface area contributed by atoms with E-state index in [0.29, 0.717) is 36.9 Å². The van der Waals surface area contributed by atoms with Crippen molar-refractivity contribution in [3.63, 3.8) is 0 Å². The third kappa shape index (κ3) is 5.36. The minimum atomic E-state index is -0.328. The summed E-state index contributed by atoms with van der Waals surface area (Å²) in [6.45, 7) is 1.51. The molecule has 2 heterocycles. The van der Waals surface area contributed by atoms with Crippen LogP contribution in [0.4, 0.5) is 5.69 Å². The average Bonchev–Trinajstić information content (AvgIpc) is 2.93. The van der Waals surface area contributed by atoms with Gasteiger partial charge < -0.3 is 14.4 Å². The van der Waals surface area contributed by atoms with Gasteiger partial charge in [-0.25, -0.2) is 4.68 Å². The highest BCUT2D eigenvalue weighted by Gasteiger charge is 2.22. The molecule has 1 aromatic heterocycles. The quantitative estimate of drug-likeness (QED) is 0.392. The zero-order chi connectivity index (χ0) is 24.7. The number of hydrogen-bond donors (Lipinski definition) is 0. The van der Waals surface area contributed by atoms with E-state index in [2.05, 4.69) is 5.10 Å². The van der Waals surface area contributed by atoms with Crippen molar-refractivity contribution in [2.24, 2.45) is 0 Å². The van der Waals surface area contributed by atoms with Gasteiger partial charge >= 0.3 is 0 Å². The number of carbonyl (C=O) groups is 1. The molecule has 0 bridgehead atoms. The molecule has 0 aliphatic carbocycles. The molecule has 0 atom stereocenters. The Morgan fingerprint density at radius 1 is 0.889 bits per heavy atom. The van der Waals surface area contributed by atoms with Gasteiger partial charge in [-0.05, 0) is 29.3 Å². The number of carbonyl (C=O) groups excluding carboxylic acids is 1. The van der Waals surface area contributed by atoms with Gasteiger partial charge in [0.15, 0.2) is 11.5 Å². The molecule has 1 aliphatic rings. The van der Waals surface area contributed by atoms with Gasteiger partial charge in [0.05, 0.1) is 6.54 Å². The molecule has 0 N–H and O–H groups in total. The Labute approximate surface area is 208 Å². The maximum Gasteiger partial charge on any atom is 0.279 e. The number of fused-ring (bicyclic) bond motifs is 1. The summed E-state index contributed by atoms with van der Waals surface area (Å²) in [5.41, 5.74) is 2.50. The summed E-state index contributed by atoms with van der Waals surface area (Å²) in [4.78, 5) is 27.8. The molecule has 0 saturated heterocycles. The number of anilines is 1. The number of amides is 1. The maximum absolute atomic E-state index is 13.7. The predicted octanol–water partition coefficient (Wildman–Crippen LogP) is 4.42. The topological polar surface area (TPSA) is 73.7 Å². The highest BCUT2D eigenvalue weighted by Crippen LogP contribution is 2.34. The second kappa shape index (κ2) is 10.7. The van der Waals surface area contributed by atoms with E-state index in [1.54, 1.807) is 17.0 Å². The van der Waals surface area contributed by atoms with Crippen molar-refractivity contribution in [3.05, 3.63) is 124 Å². The first kappa shape index (κ1) is 23.1. The number of aromatic nitrogens is 2. The van der Waals surface area contributed by atoms with Crippen molar-refractivity contribution in [3.8, 4) is 11.5 Å². The van der Waals surface area contributed by atoms with Crippen LogP contribution >= 0.6 is 0 Å². The van der Waals surface area contributed by atoms with Gasteiger partial charge in [-0.2, -0.15) is 5.10 Å². The molecule has 3 aromatic carbocycles. The summed E-state index contributed by atoms with van der Waals surface area (Å²) in [7, 11) is 0. The SMILES string of the molecule is O=C(c1ccc(=O)n(Cc2ccccc2)n1)N(C/C=C/c1ccccc1)c1ccc2c(c1)OCCO2. The molecular formula is C29H25N3O4. The standard InChI is InChI=1S/C29H25N3O4/c33-28-16-14-25(30-32(28)21-23-10-5-2-6-11-23)29(34)31(17-7-12-22-8-3-1-4-9-22)24-13-15-26-27(20-24)36-19-18-35-26/h1-16,20H,17-19,21H2/b12-7+. The summed E-state index contributed by atoms with van der Waals surface area (Å²) < 4.78 is 12.7. The zero-order valence-corrected chi connectivity index (χ0v) is 19.6. The number of rotatable bonds is 7. The van der Waals surface area contributed by atoms with Crippen LogP contribution < -0.4 is 19.9 Å². The van der Waals surface area contributed by atoms with Crippen LogP contribution in [-0.4, -0.2) is 35.4 Å². The summed E-state index contributed by atoms with van der Waals surface area (Å²) in [6, 6.07) is 27.7. The number of benzene rings is 3. The van der Waals surface area contributed by atoms with Gasteiger partial charge in [0.2, 0.25) is 0 Å². The predicted molar refractivity (Wildman–Crippen MR) is 139 cm³/mol. The number of hydrogen-bond acceptors (Lipinski definition) is 5. The first-order chi connectivity index (χ1) is 17.7. The fourth-order valence-corrected chi connectivity index (χ4v) is 3.93. The molecule has 7 heteroatoms. The van der Waals surface area contributed by atoms with E-state index in [1.165, 1.54) is 16.8 Å². The van der Waals surface area contributed by atoms with Crippen LogP contribution in [0.3, 0.4) is 0 Å². The molecule has 0 radical (unpaired) electrons. The molecule has 1 amide bonds. The summed E-state index contributed by atoms with van der Waals surface area (Å²) >= 11 is 0. The van der Waals surface area contributed by atoms with E-state index in [-0.39, 0.29) is 23.7 Å². The van der Waals surface area contributed by atoms with E-state index in [1.807, 2.05) is 78.9 Å². The van der Waals surface area contributed by atoms with Crippen molar-refractivity contribution in [1.82, 2.24) is 9.78 Å². The fraction of sp³-hybridized carbons (Fsp3) is 0.138. The first-order valence-electron chi connectivity index (χ1n) is 11.7. The molecule has 1 aliphatic heterocycles. The van der Waals surface area contributed by atoms with Crippen molar-refractivity contribution < 1.29 is 14.3 Å². The van der Waals surface area contributed by atoms with Gasteiger partial charge in [0.25, 0.3) is 11.5 Å². The Morgan fingerprint density at radius 2 is 1.61 bits per heavy atom. The molecule has 7 nitrogen and oxygen atoms in total. The second-order valence-corrected chi connectivity index (χ2v) is 8.26. The third-order valence-corrected chi connectivity index (χ3v) is 5.74. The highest BCUT2D eigenvalue weighted by atomic mass is 16.6. The Hall–Kier alpha value is -4.65. The Bertz CT molecular complexity index is 1430. The van der Waals surface area contributed by atoms with Gasteiger partial charge in [-0.1, -0.05) is 72.8 Å². The lowest BCUT2D eigenvalue weighted by molar-refractivity contribution is 0.0982. The number of nitrogens with zero attached hydrogens (tertiary/aromatic N) is 3. The Morgan fingerprint density at radius 3 is 2.39 bits per heavy atom. The minimum absolute atomic E-state index is 0.175. The van der Waals surface area contributed by atoms with Gasteiger partial charge in [-0.3, -0.25) is 9.59 Å². The van der Waals surface area contributed by atoms with Crippen molar-refractivity contribution in [1.29, 1.82) is 0 Å². The minimum Gasteiger partial charge on any atom is -0.486 e. The molecule has 180 valence electrons. The van der Waals surface area contributed by atoms with Crippen LogP contribution in [0, 0.1) is 0 Å². The maximum atomic E-state index is 13.7. The first-order valence-corrected chi connectivity index (χ1v) is 11.7. The van der Waals surface area contributed by atoms with Crippen LogP contribution in [0.2, 0.25) is 0 Å². The Balaban J connectivity index is 1.46. The van der Waals surface area contributed by atoms with Crippen LogP contribution in [0.15, 0.2) is 102 Å². The summed E-state index contributed by atoms with van der Waals surface area (Å²) in [6.07, 6.45) is 3.88. The zero-order valence-electron chi connectivity index (χ0n) is 19.6. The smallest absolute Gasteiger partial charge is 0.279 e. The van der Waals surface area contributed by atoms with Crippen molar-refractivity contribution in [2.75, 3.05) is 24.7 Å². The lowest BCUT2D eigenvalue weighted by Gasteiger charge is -2.24. The van der Waals surface area contributed by atoms with Crippen molar-refractivity contribution >= 4 is 17.7 Å². The molecular weight excluding hydrogens is 454 g/mol. The largest absolute Gasteiger partial charge is 0.486 e. The second-order valence-electron chi connectivity index (χ2n) is 8.26. The summed E-state index contributed by atoms with van der Waals surface area (Å²) in [5.74, 6) is 0.906. The molecule has 0 unspecified atom stereocenters. The van der Waals surface area contributed by atoms with Crippen LogP contribution in [0.1, 0.15) is 21.6 Å². The average molecular weight is 480 g/mol. The molecule has 36 heavy (non-hydrogen) atoms.